The number of nitrogens with zero attached hydrogens (tertiary/aromatic N) is 5. The van der Waals surface area contributed by atoms with Crippen molar-refractivity contribution in [3.05, 3.63) is 46.5 Å². The van der Waals surface area contributed by atoms with Crippen LogP contribution in [0.25, 0.3) is 10.9 Å². The highest BCUT2D eigenvalue weighted by Gasteiger charge is 2.15. The van der Waals surface area contributed by atoms with Gasteiger partial charge in [-0.25, -0.2) is 0 Å². The molecule has 12 nitrogen and oxygen atoms in total. The predicted molar refractivity (Wildman–Crippen MR) is 124 cm³/mol. The van der Waals surface area contributed by atoms with Gasteiger partial charge in [-0.1, -0.05) is 0 Å². The number of esters is 2. The second-order valence-electron chi connectivity index (χ2n) is 6.96. The molecule has 0 aliphatic carbocycles. The van der Waals surface area contributed by atoms with Crippen molar-refractivity contribution in [2.24, 2.45) is 10.2 Å². The zero-order valence-corrected chi connectivity index (χ0v) is 19.2. The lowest BCUT2D eigenvalue weighted by Crippen LogP contribution is -2.29. The SMILES string of the molecule is COC(=O)CCN(CCC(=O)OC)c1ccc(N=Nc2snc3ccc([N+](=O)[O-])cc23)c(O)c1. The summed E-state index contributed by atoms with van der Waals surface area (Å²) in [5.74, 6) is -0.994. The molecule has 0 amide bonds. The fourth-order valence-corrected chi connectivity index (χ4v) is 3.70. The molecular weight excluding hydrogens is 466 g/mol. The molecule has 178 valence electrons. The minimum atomic E-state index is -0.505. The molecule has 0 aliphatic heterocycles. The van der Waals surface area contributed by atoms with E-state index in [1.807, 2.05) is 0 Å². The number of phenols is 1. The van der Waals surface area contributed by atoms with Gasteiger partial charge in [0.1, 0.15) is 11.4 Å². The molecule has 0 atom stereocenters. The normalized spacial score (nSPS) is 11.0. The number of nitro benzene ring substituents is 1. The monoisotopic (exact) mass is 487 g/mol. The van der Waals surface area contributed by atoms with Gasteiger partial charge in [-0.3, -0.25) is 19.7 Å². The van der Waals surface area contributed by atoms with Crippen LogP contribution >= 0.6 is 11.5 Å². The van der Waals surface area contributed by atoms with Crippen molar-refractivity contribution in [3.8, 4) is 5.75 Å². The van der Waals surface area contributed by atoms with Gasteiger partial charge >= 0.3 is 11.9 Å². The van der Waals surface area contributed by atoms with E-state index in [0.29, 0.717) is 21.6 Å². The third-order valence-corrected chi connectivity index (χ3v) is 5.61. The summed E-state index contributed by atoms with van der Waals surface area (Å²) in [4.78, 5) is 35.4. The van der Waals surface area contributed by atoms with E-state index in [-0.39, 0.29) is 43.1 Å². The molecule has 0 unspecified atom stereocenters. The number of nitro groups is 1. The number of aromatic hydroxyl groups is 1. The van der Waals surface area contributed by atoms with Crippen molar-refractivity contribution in [2.45, 2.75) is 12.8 Å². The van der Waals surface area contributed by atoms with Gasteiger partial charge in [0.25, 0.3) is 5.69 Å². The number of anilines is 1. The van der Waals surface area contributed by atoms with Gasteiger partial charge < -0.3 is 19.5 Å². The first kappa shape index (κ1) is 24.5. The molecule has 0 aliphatic rings. The second kappa shape index (κ2) is 11.1. The molecule has 1 heterocycles. The maximum Gasteiger partial charge on any atom is 0.307 e. The van der Waals surface area contributed by atoms with E-state index in [0.717, 1.165) is 11.5 Å². The molecule has 34 heavy (non-hydrogen) atoms. The lowest BCUT2D eigenvalue weighted by atomic mass is 10.2. The van der Waals surface area contributed by atoms with E-state index in [2.05, 4.69) is 24.1 Å². The van der Waals surface area contributed by atoms with Crippen molar-refractivity contribution in [1.29, 1.82) is 0 Å². The van der Waals surface area contributed by atoms with Crippen LogP contribution in [0.15, 0.2) is 46.6 Å². The lowest BCUT2D eigenvalue weighted by Gasteiger charge is -2.24. The summed E-state index contributed by atoms with van der Waals surface area (Å²) in [6.45, 7) is 0.519. The van der Waals surface area contributed by atoms with Crippen LogP contribution in [0, 0.1) is 10.1 Å². The predicted octanol–water partition coefficient (Wildman–Crippen LogP) is 4.26. The minimum Gasteiger partial charge on any atom is -0.506 e. The Kier molecular flexibility index (Phi) is 8.03. The van der Waals surface area contributed by atoms with Crippen LogP contribution in [0.5, 0.6) is 5.75 Å². The first-order chi connectivity index (χ1) is 16.3. The summed E-state index contributed by atoms with van der Waals surface area (Å²) >= 11 is 1.03. The standard InChI is InChI=1S/C21H21N5O7S/c1-32-19(28)7-9-25(10-8-20(29)33-2)13-3-6-17(18(27)12-13)22-23-21-15-11-14(26(30)31)4-5-16(15)24-34-21/h3-6,11-12,27H,7-10H2,1-2H3. The number of non-ortho nitro benzene ring substituents is 1. The summed E-state index contributed by atoms with van der Waals surface area (Å²) in [5.41, 5.74) is 1.19. The summed E-state index contributed by atoms with van der Waals surface area (Å²) < 4.78 is 13.5. The van der Waals surface area contributed by atoms with E-state index in [4.69, 9.17) is 0 Å². The summed E-state index contributed by atoms with van der Waals surface area (Å²) in [5, 5.41) is 30.5. The van der Waals surface area contributed by atoms with Crippen molar-refractivity contribution < 1.29 is 29.1 Å². The van der Waals surface area contributed by atoms with Crippen molar-refractivity contribution in [3.63, 3.8) is 0 Å². The zero-order valence-electron chi connectivity index (χ0n) is 18.3. The summed E-state index contributed by atoms with van der Waals surface area (Å²) in [6, 6.07) is 8.91. The van der Waals surface area contributed by atoms with E-state index < -0.39 is 16.9 Å². The van der Waals surface area contributed by atoms with Crippen LogP contribution in [0.3, 0.4) is 0 Å². The van der Waals surface area contributed by atoms with Crippen LogP contribution in [0.4, 0.5) is 22.1 Å². The molecule has 0 saturated heterocycles. The second-order valence-corrected chi connectivity index (χ2v) is 7.71. The van der Waals surface area contributed by atoms with Gasteiger partial charge in [-0.05, 0) is 29.7 Å². The van der Waals surface area contributed by atoms with E-state index in [9.17, 15) is 24.8 Å². The molecule has 13 heteroatoms. The molecule has 3 rings (SSSR count). The molecule has 2 aromatic carbocycles. The zero-order chi connectivity index (χ0) is 24.7. The Bertz CT molecular complexity index is 1220. The van der Waals surface area contributed by atoms with Gasteiger partial charge in [0.15, 0.2) is 5.00 Å². The van der Waals surface area contributed by atoms with Gasteiger partial charge in [0.05, 0.1) is 37.5 Å². The van der Waals surface area contributed by atoms with Crippen LogP contribution in [-0.4, -0.2) is 53.7 Å². The molecule has 0 spiro atoms. The van der Waals surface area contributed by atoms with Gasteiger partial charge in [0, 0.05) is 42.4 Å². The topological polar surface area (TPSA) is 157 Å². The number of azo groups is 1. The molecule has 0 fully saturated rings. The first-order valence-corrected chi connectivity index (χ1v) is 10.8. The number of aromatic nitrogens is 1. The number of fused-ring (bicyclic) bond motifs is 1. The molecule has 0 bridgehead atoms. The molecule has 1 N–H and O–H groups in total. The van der Waals surface area contributed by atoms with Crippen molar-refractivity contribution in [2.75, 3.05) is 32.2 Å². The van der Waals surface area contributed by atoms with Gasteiger partial charge in [0.2, 0.25) is 0 Å². The summed E-state index contributed by atoms with van der Waals surface area (Å²) in [7, 11) is 2.58. The van der Waals surface area contributed by atoms with E-state index in [1.165, 1.54) is 44.6 Å². The Morgan fingerprint density at radius 2 is 1.76 bits per heavy atom. The number of methoxy groups -OCH3 is 2. The fourth-order valence-electron chi connectivity index (χ4n) is 3.02. The van der Waals surface area contributed by atoms with Gasteiger partial charge in [-0.15, -0.1) is 10.2 Å². The van der Waals surface area contributed by atoms with Crippen LogP contribution in [0.2, 0.25) is 0 Å². The van der Waals surface area contributed by atoms with Gasteiger partial charge in [-0.2, -0.15) is 4.37 Å². The van der Waals surface area contributed by atoms with Crippen LogP contribution < -0.4 is 4.90 Å². The number of hydrogen-bond donors (Lipinski definition) is 1. The summed E-state index contributed by atoms with van der Waals surface area (Å²) in [6.07, 6.45) is 0.176. The van der Waals surface area contributed by atoms with Crippen LogP contribution in [0.1, 0.15) is 12.8 Å². The molecule has 0 radical (unpaired) electrons. The smallest absolute Gasteiger partial charge is 0.307 e. The number of carbonyl (C=O) groups excluding carboxylic acids is 2. The Labute approximate surface area is 197 Å². The quantitative estimate of drug-likeness (QED) is 0.191. The average molecular weight is 487 g/mol. The molecule has 1 aromatic heterocycles. The third kappa shape index (κ3) is 6.01. The maximum atomic E-state index is 11.6. The first-order valence-electron chi connectivity index (χ1n) is 9.99. The highest BCUT2D eigenvalue weighted by molar-refractivity contribution is 7.11. The average Bonchev–Trinajstić information content (AvgIpc) is 3.25. The van der Waals surface area contributed by atoms with E-state index >= 15 is 0 Å². The highest BCUT2D eigenvalue weighted by atomic mass is 32.1. The third-order valence-electron chi connectivity index (χ3n) is 4.85. The van der Waals surface area contributed by atoms with E-state index in [1.54, 1.807) is 11.0 Å². The minimum absolute atomic E-state index is 0.0876. The lowest BCUT2D eigenvalue weighted by molar-refractivity contribution is -0.384. The number of benzene rings is 2. The Morgan fingerprint density at radius 3 is 2.35 bits per heavy atom. The largest absolute Gasteiger partial charge is 0.506 e. The Morgan fingerprint density at radius 1 is 1.09 bits per heavy atom. The highest BCUT2D eigenvalue weighted by Crippen LogP contribution is 2.36. The molecular formula is C21H21N5O7S. The maximum absolute atomic E-state index is 11.6. The Balaban J connectivity index is 1.82. The Hall–Kier alpha value is -4.13. The molecule has 3 aromatic rings. The molecule has 0 saturated carbocycles. The number of rotatable bonds is 10. The number of ether oxygens (including phenoxy) is 2. The number of carbonyl (C=O) groups is 2. The van der Waals surface area contributed by atoms with Crippen LogP contribution in [-0.2, 0) is 19.1 Å². The number of phenolic OH excluding ortho intramolecular Hbond substituents is 1. The number of hydrogen-bond acceptors (Lipinski definition) is 12. The van der Waals surface area contributed by atoms with Crippen molar-refractivity contribution in [1.82, 2.24) is 4.37 Å². The van der Waals surface area contributed by atoms with Crippen molar-refractivity contribution >= 4 is 56.4 Å². The fraction of sp³-hybridized carbons (Fsp3) is 0.286.